The summed E-state index contributed by atoms with van der Waals surface area (Å²) in [7, 11) is 0. The molecule has 24 heavy (non-hydrogen) atoms. The highest BCUT2D eigenvalue weighted by Crippen LogP contribution is 2.36. The van der Waals surface area contributed by atoms with Gasteiger partial charge in [0.05, 0.1) is 24.3 Å². The van der Waals surface area contributed by atoms with Gasteiger partial charge in [-0.25, -0.2) is 0 Å². The number of anilines is 1. The molecule has 1 N–H and O–H groups in total. The number of halogens is 4. The lowest BCUT2D eigenvalue weighted by molar-refractivity contribution is -0.137. The Kier molecular flexibility index (Phi) is 5.72. The minimum absolute atomic E-state index is 0.0492. The van der Waals surface area contributed by atoms with Gasteiger partial charge in [-0.1, -0.05) is 23.7 Å². The Hall–Kier alpha value is -2.21. The van der Waals surface area contributed by atoms with E-state index in [0.717, 1.165) is 12.1 Å². The summed E-state index contributed by atoms with van der Waals surface area (Å²) in [6, 6.07) is 10.0. The van der Waals surface area contributed by atoms with Crippen LogP contribution in [0.25, 0.3) is 0 Å². The molecule has 2 aromatic carbocycles. The lowest BCUT2D eigenvalue weighted by Crippen LogP contribution is -2.18. The first kappa shape index (κ1) is 18.1. The van der Waals surface area contributed by atoms with Crippen LogP contribution in [0.2, 0.25) is 5.02 Å². The van der Waals surface area contributed by atoms with Crippen LogP contribution >= 0.6 is 11.6 Å². The largest absolute Gasteiger partial charge is 0.494 e. The number of nitrogens with one attached hydrogen (secondary N) is 1. The fourth-order valence-electron chi connectivity index (χ4n) is 2.11. The quantitative estimate of drug-likeness (QED) is 0.823. The van der Waals surface area contributed by atoms with E-state index in [1.807, 2.05) is 6.92 Å². The summed E-state index contributed by atoms with van der Waals surface area (Å²) < 4.78 is 44.3. The third kappa shape index (κ3) is 4.89. The number of alkyl halides is 3. The molecule has 7 heteroatoms. The molecule has 0 bridgehead atoms. The van der Waals surface area contributed by atoms with Gasteiger partial charge in [0.1, 0.15) is 5.75 Å². The average molecular weight is 358 g/mol. The fraction of sp³-hybridized carbons (Fsp3) is 0.235. The molecule has 0 unspecified atom stereocenters. The maximum absolute atomic E-state index is 13.0. The molecule has 128 valence electrons. The van der Waals surface area contributed by atoms with Gasteiger partial charge in [0, 0.05) is 5.02 Å². The van der Waals surface area contributed by atoms with Gasteiger partial charge in [0.25, 0.3) is 0 Å². The SMILES string of the molecule is CCOc1ccc(CC(=O)Nc2ccc(Cl)cc2C(F)(F)F)cc1. The van der Waals surface area contributed by atoms with Gasteiger partial charge >= 0.3 is 6.18 Å². The lowest BCUT2D eigenvalue weighted by atomic mass is 10.1. The van der Waals surface area contributed by atoms with E-state index in [-0.39, 0.29) is 17.1 Å². The molecular formula is C17H15ClF3NO2. The summed E-state index contributed by atoms with van der Waals surface area (Å²) in [5, 5.41) is 2.23. The number of hydrogen-bond acceptors (Lipinski definition) is 2. The van der Waals surface area contributed by atoms with Crippen molar-refractivity contribution in [1.29, 1.82) is 0 Å². The number of carbonyl (C=O) groups excluding carboxylic acids is 1. The van der Waals surface area contributed by atoms with Crippen molar-refractivity contribution < 1.29 is 22.7 Å². The monoisotopic (exact) mass is 357 g/mol. The molecule has 3 nitrogen and oxygen atoms in total. The number of rotatable bonds is 5. The number of amides is 1. The average Bonchev–Trinajstić information content (AvgIpc) is 2.50. The Morgan fingerprint density at radius 1 is 1.17 bits per heavy atom. The van der Waals surface area contributed by atoms with Crippen LogP contribution in [0.4, 0.5) is 18.9 Å². The molecule has 0 saturated heterocycles. The van der Waals surface area contributed by atoms with Crippen LogP contribution in [-0.2, 0) is 17.4 Å². The lowest BCUT2D eigenvalue weighted by Gasteiger charge is -2.14. The highest BCUT2D eigenvalue weighted by molar-refractivity contribution is 6.30. The zero-order valence-electron chi connectivity index (χ0n) is 12.8. The van der Waals surface area contributed by atoms with Crippen molar-refractivity contribution in [2.75, 3.05) is 11.9 Å². The molecule has 0 heterocycles. The van der Waals surface area contributed by atoms with Crippen molar-refractivity contribution in [3.05, 3.63) is 58.6 Å². The molecule has 0 aromatic heterocycles. The van der Waals surface area contributed by atoms with Gasteiger partial charge in [-0.15, -0.1) is 0 Å². The molecule has 0 spiro atoms. The van der Waals surface area contributed by atoms with Crippen LogP contribution in [0.1, 0.15) is 18.1 Å². The van der Waals surface area contributed by atoms with Crippen LogP contribution in [0.5, 0.6) is 5.75 Å². The second-order valence-corrected chi connectivity index (χ2v) is 5.43. The van der Waals surface area contributed by atoms with E-state index in [0.29, 0.717) is 17.9 Å². The Balaban J connectivity index is 2.10. The second kappa shape index (κ2) is 7.57. The van der Waals surface area contributed by atoms with E-state index in [1.54, 1.807) is 24.3 Å². The van der Waals surface area contributed by atoms with Gasteiger partial charge in [0.15, 0.2) is 0 Å². The minimum atomic E-state index is -4.60. The molecule has 0 saturated carbocycles. The zero-order chi connectivity index (χ0) is 17.7. The maximum Gasteiger partial charge on any atom is 0.418 e. The fourth-order valence-corrected chi connectivity index (χ4v) is 2.28. The molecule has 1 amide bonds. The molecule has 0 aliphatic carbocycles. The van der Waals surface area contributed by atoms with Gasteiger partial charge in [-0.2, -0.15) is 13.2 Å². The molecule has 0 aliphatic heterocycles. The highest BCUT2D eigenvalue weighted by Gasteiger charge is 2.34. The van der Waals surface area contributed by atoms with Crippen molar-refractivity contribution in [2.24, 2.45) is 0 Å². The highest BCUT2D eigenvalue weighted by atomic mass is 35.5. The van der Waals surface area contributed by atoms with Crippen LogP contribution in [0, 0.1) is 0 Å². The number of carbonyl (C=O) groups is 1. The third-order valence-electron chi connectivity index (χ3n) is 3.16. The van der Waals surface area contributed by atoms with Gasteiger partial charge < -0.3 is 10.1 Å². The molecule has 0 aliphatic rings. The first-order valence-electron chi connectivity index (χ1n) is 7.18. The van der Waals surface area contributed by atoms with E-state index in [4.69, 9.17) is 16.3 Å². The summed E-state index contributed by atoms with van der Waals surface area (Å²) in [5.74, 6) is 0.116. The summed E-state index contributed by atoms with van der Waals surface area (Å²) in [6.45, 7) is 2.38. The summed E-state index contributed by atoms with van der Waals surface area (Å²) >= 11 is 5.61. The van der Waals surface area contributed by atoms with E-state index in [9.17, 15) is 18.0 Å². The minimum Gasteiger partial charge on any atom is -0.494 e. The summed E-state index contributed by atoms with van der Waals surface area (Å²) in [5.41, 5.74) is -0.628. The second-order valence-electron chi connectivity index (χ2n) is 4.99. The Bertz CT molecular complexity index is 715. The van der Waals surface area contributed by atoms with Crippen molar-refractivity contribution in [3.63, 3.8) is 0 Å². The van der Waals surface area contributed by atoms with Crippen LogP contribution < -0.4 is 10.1 Å². The van der Waals surface area contributed by atoms with Crippen molar-refractivity contribution >= 4 is 23.2 Å². The number of ether oxygens (including phenoxy) is 1. The smallest absolute Gasteiger partial charge is 0.418 e. The zero-order valence-corrected chi connectivity index (χ0v) is 13.5. The summed E-state index contributed by atoms with van der Waals surface area (Å²) in [6.07, 6.45) is -4.65. The van der Waals surface area contributed by atoms with Crippen LogP contribution in [0.3, 0.4) is 0 Å². The van der Waals surface area contributed by atoms with Gasteiger partial charge in [-0.05, 0) is 42.8 Å². The van der Waals surface area contributed by atoms with E-state index in [2.05, 4.69) is 5.32 Å². The third-order valence-corrected chi connectivity index (χ3v) is 3.40. The van der Waals surface area contributed by atoms with Crippen LogP contribution in [-0.4, -0.2) is 12.5 Å². The molecule has 0 radical (unpaired) electrons. The molecule has 0 atom stereocenters. The predicted molar refractivity (Wildman–Crippen MR) is 86.4 cm³/mol. The van der Waals surface area contributed by atoms with Gasteiger partial charge in [-0.3, -0.25) is 4.79 Å². The van der Waals surface area contributed by atoms with E-state index in [1.165, 1.54) is 6.07 Å². The van der Waals surface area contributed by atoms with Crippen LogP contribution in [0.15, 0.2) is 42.5 Å². The predicted octanol–water partition coefficient (Wildman–Crippen LogP) is 4.94. The topological polar surface area (TPSA) is 38.3 Å². The maximum atomic E-state index is 13.0. The number of benzene rings is 2. The molecule has 2 rings (SSSR count). The van der Waals surface area contributed by atoms with E-state index >= 15 is 0 Å². The van der Waals surface area contributed by atoms with Crippen molar-refractivity contribution in [2.45, 2.75) is 19.5 Å². The first-order chi connectivity index (χ1) is 11.3. The van der Waals surface area contributed by atoms with Crippen molar-refractivity contribution in [1.82, 2.24) is 0 Å². The first-order valence-corrected chi connectivity index (χ1v) is 7.55. The molecule has 2 aromatic rings. The molecular weight excluding hydrogens is 343 g/mol. The van der Waals surface area contributed by atoms with Crippen molar-refractivity contribution in [3.8, 4) is 5.75 Å². The van der Waals surface area contributed by atoms with Gasteiger partial charge in [0.2, 0.25) is 5.91 Å². The Morgan fingerprint density at radius 2 is 1.83 bits per heavy atom. The number of hydrogen-bond donors (Lipinski definition) is 1. The molecule has 0 fully saturated rings. The standard InChI is InChI=1S/C17H15ClF3NO2/c1-2-24-13-6-3-11(4-7-13)9-16(23)22-15-8-5-12(18)10-14(15)17(19,20)21/h3-8,10H,2,9H2,1H3,(H,22,23). The Labute approximate surface area is 142 Å². The Morgan fingerprint density at radius 3 is 2.42 bits per heavy atom. The summed E-state index contributed by atoms with van der Waals surface area (Å²) in [4.78, 5) is 12.0. The van der Waals surface area contributed by atoms with E-state index < -0.39 is 17.6 Å². The normalized spacial score (nSPS) is 11.2.